The van der Waals surface area contributed by atoms with Gasteiger partial charge in [0.15, 0.2) is 0 Å². The Morgan fingerprint density at radius 3 is 2.67 bits per heavy atom. The fourth-order valence-corrected chi connectivity index (χ4v) is 6.77. The lowest BCUT2D eigenvalue weighted by Gasteiger charge is -2.38. The van der Waals surface area contributed by atoms with Gasteiger partial charge in [0.1, 0.15) is 23.8 Å². The molecule has 6 atom stereocenters. The molecule has 3 aliphatic rings. The van der Waals surface area contributed by atoms with Gasteiger partial charge >= 0.3 is 0 Å². The molecule has 11 heteroatoms. The Bertz CT molecular complexity index is 1200. The number of hydrogen-bond acceptors (Lipinski definition) is 7. The second-order valence-electron chi connectivity index (χ2n) is 10.5. The molecule has 194 valence electrons. The summed E-state index contributed by atoms with van der Waals surface area (Å²) >= 11 is 0. The summed E-state index contributed by atoms with van der Waals surface area (Å²) in [6.45, 7) is 5.51. The summed E-state index contributed by atoms with van der Waals surface area (Å²) in [6.07, 6.45) is 1.63. The van der Waals surface area contributed by atoms with Crippen LogP contribution in [0.4, 0.5) is 0 Å². The number of ether oxygens (including phenoxy) is 1. The smallest absolute Gasteiger partial charge is 0.247 e. The summed E-state index contributed by atoms with van der Waals surface area (Å²) in [6, 6.07) is 5.86. The highest BCUT2D eigenvalue weighted by Crippen LogP contribution is 2.64. The molecule has 0 aliphatic carbocycles. The van der Waals surface area contributed by atoms with Gasteiger partial charge in [0.25, 0.3) is 0 Å². The minimum atomic E-state index is -1.14. The molecular formula is C25H34N6O5. The van der Waals surface area contributed by atoms with Crippen molar-refractivity contribution in [2.75, 3.05) is 13.7 Å². The van der Waals surface area contributed by atoms with Crippen LogP contribution in [0, 0.1) is 17.8 Å². The highest BCUT2D eigenvalue weighted by molar-refractivity contribution is 5.99. The van der Waals surface area contributed by atoms with E-state index in [-0.39, 0.29) is 31.0 Å². The lowest BCUT2D eigenvalue weighted by atomic mass is 9.65. The number of hydrogen-bond donors (Lipinski definition) is 3. The number of benzene rings is 1. The normalized spacial score (nSPS) is 31.8. The van der Waals surface area contributed by atoms with Gasteiger partial charge in [0.05, 0.1) is 35.6 Å². The second-order valence-corrected chi connectivity index (χ2v) is 10.5. The van der Waals surface area contributed by atoms with Gasteiger partial charge in [-0.2, -0.15) is 0 Å². The lowest BCUT2D eigenvalue weighted by molar-refractivity contribution is -0.152. The van der Waals surface area contributed by atoms with E-state index in [1.165, 1.54) is 4.90 Å². The van der Waals surface area contributed by atoms with Gasteiger partial charge in [0, 0.05) is 7.05 Å². The van der Waals surface area contributed by atoms with E-state index in [0.29, 0.717) is 24.8 Å². The first-order chi connectivity index (χ1) is 17.2. The van der Waals surface area contributed by atoms with Gasteiger partial charge in [-0.05, 0) is 37.3 Å². The minimum Gasteiger partial charge on any atom is -0.394 e. The minimum absolute atomic E-state index is 0.0574. The average Bonchev–Trinajstić information content (AvgIpc) is 3.60. The zero-order chi connectivity index (χ0) is 25.8. The third-order valence-corrected chi connectivity index (χ3v) is 8.53. The van der Waals surface area contributed by atoms with Crippen LogP contribution in [0.5, 0.6) is 0 Å². The number of rotatable bonds is 8. The Morgan fingerprint density at radius 1 is 1.25 bits per heavy atom. The molecule has 3 amide bonds. The number of para-hydroxylation sites is 1. The number of likely N-dealkylation sites (tertiary alicyclic amines) is 1. The van der Waals surface area contributed by atoms with Crippen molar-refractivity contribution >= 4 is 28.8 Å². The van der Waals surface area contributed by atoms with E-state index in [4.69, 9.17) is 4.74 Å². The number of carbonyl (C=O) groups is 3. The summed E-state index contributed by atoms with van der Waals surface area (Å²) in [5, 5.41) is 24.2. The van der Waals surface area contributed by atoms with Crippen molar-refractivity contribution in [2.24, 2.45) is 17.8 Å². The van der Waals surface area contributed by atoms with Crippen molar-refractivity contribution in [3.05, 3.63) is 24.3 Å². The van der Waals surface area contributed by atoms with E-state index in [1.54, 1.807) is 11.7 Å². The summed E-state index contributed by atoms with van der Waals surface area (Å²) < 4.78 is 8.26. The van der Waals surface area contributed by atoms with Gasteiger partial charge in [-0.1, -0.05) is 38.1 Å². The Kier molecular flexibility index (Phi) is 6.03. The molecule has 2 bridgehead atoms. The molecule has 2 aromatic rings. The van der Waals surface area contributed by atoms with Crippen LogP contribution in [0.3, 0.4) is 0 Å². The first kappa shape index (κ1) is 24.6. The number of nitrogens with one attached hydrogen (secondary N) is 2. The lowest BCUT2D eigenvalue weighted by Crippen LogP contribution is -2.59. The Morgan fingerprint density at radius 2 is 2.00 bits per heavy atom. The molecule has 5 rings (SSSR count). The highest BCUT2D eigenvalue weighted by Gasteiger charge is 2.79. The Labute approximate surface area is 209 Å². The van der Waals surface area contributed by atoms with E-state index < -0.39 is 41.0 Å². The SMILES string of the molecule is CC[C@@]12CCC3(O1)C(C(=O)NCn1nnc4ccccc41)N([C@@H](CO)C(C)C)C(=O)[C@@H]3[C@@H]2C(=O)NC. The van der Waals surface area contributed by atoms with E-state index >= 15 is 0 Å². The third-order valence-electron chi connectivity index (χ3n) is 8.53. The maximum atomic E-state index is 14.0. The third kappa shape index (κ3) is 3.28. The van der Waals surface area contributed by atoms with E-state index in [9.17, 15) is 19.5 Å². The molecular weight excluding hydrogens is 464 g/mol. The van der Waals surface area contributed by atoms with Crippen LogP contribution in [-0.2, 0) is 25.8 Å². The Hall–Kier alpha value is -3.05. The largest absolute Gasteiger partial charge is 0.394 e. The molecule has 2 unspecified atom stereocenters. The molecule has 36 heavy (non-hydrogen) atoms. The van der Waals surface area contributed by atoms with Crippen LogP contribution >= 0.6 is 0 Å². The van der Waals surface area contributed by atoms with Gasteiger partial charge < -0.3 is 25.4 Å². The molecule has 3 N–H and O–H groups in total. The molecule has 3 aliphatic heterocycles. The van der Waals surface area contributed by atoms with Gasteiger partial charge in [-0.15, -0.1) is 5.10 Å². The van der Waals surface area contributed by atoms with Crippen molar-refractivity contribution < 1.29 is 24.2 Å². The monoisotopic (exact) mass is 498 g/mol. The second kappa shape index (κ2) is 8.81. The standard InChI is InChI=1S/C25H34N6O5/c1-5-24-10-11-25(36-24)19(18(24)21(33)26-4)23(35)31(17(12-32)14(2)3)20(25)22(34)27-13-30-16-9-7-6-8-15(16)28-29-30/h6-9,14,17-20,32H,5,10-13H2,1-4H3,(H,26,33)(H,27,34)/t17-,18+,19-,20?,24-,25?/m0/s1. The Balaban J connectivity index is 1.53. The quantitative estimate of drug-likeness (QED) is 0.480. The number of amides is 3. The molecule has 3 fully saturated rings. The molecule has 1 aromatic heterocycles. The fraction of sp³-hybridized carbons (Fsp3) is 0.640. The van der Waals surface area contributed by atoms with Crippen molar-refractivity contribution in [3.63, 3.8) is 0 Å². The van der Waals surface area contributed by atoms with E-state index in [1.807, 2.05) is 45.0 Å². The number of fused-ring (bicyclic) bond motifs is 2. The first-order valence-electron chi connectivity index (χ1n) is 12.7. The summed E-state index contributed by atoms with van der Waals surface area (Å²) in [7, 11) is 1.55. The van der Waals surface area contributed by atoms with Crippen LogP contribution in [0.2, 0.25) is 0 Å². The van der Waals surface area contributed by atoms with Gasteiger partial charge in [-0.3, -0.25) is 14.4 Å². The predicted octanol–water partition coefficient (Wildman–Crippen LogP) is 0.423. The van der Waals surface area contributed by atoms with Gasteiger partial charge in [0.2, 0.25) is 17.7 Å². The maximum Gasteiger partial charge on any atom is 0.247 e. The molecule has 11 nitrogen and oxygen atoms in total. The summed E-state index contributed by atoms with van der Waals surface area (Å²) in [5.74, 6) is -2.55. The molecule has 1 aromatic carbocycles. The van der Waals surface area contributed by atoms with Crippen LogP contribution in [0.25, 0.3) is 11.0 Å². The highest BCUT2D eigenvalue weighted by atomic mass is 16.5. The number of aliphatic hydroxyl groups excluding tert-OH is 1. The van der Waals surface area contributed by atoms with Crippen LogP contribution in [-0.4, -0.2) is 79.7 Å². The van der Waals surface area contributed by atoms with Crippen LogP contribution in [0.15, 0.2) is 24.3 Å². The predicted molar refractivity (Wildman–Crippen MR) is 129 cm³/mol. The van der Waals surface area contributed by atoms with Crippen molar-refractivity contribution in [1.82, 2.24) is 30.5 Å². The maximum absolute atomic E-state index is 14.0. The fourth-order valence-electron chi connectivity index (χ4n) is 6.77. The van der Waals surface area contributed by atoms with Gasteiger partial charge in [-0.25, -0.2) is 4.68 Å². The summed E-state index contributed by atoms with van der Waals surface area (Å²) in [4.78, 5) is 42.5. The number of aliphatic hydroxyl groups is 1. The molecule has 0 saturated carbocycles. The van der Waals surface area contributed by atoms with Crippen LogP contribution < -0.4 is 10.6 Å². The molecule has 4 heterocycles. The molecule has 1 spiro atoms. The van der Waals surface area contributed by atoms with E-state index in [2.05, 4.69) is 20.9 Å². The van der Waals surface area contributed by atoms with Crippen molar-refractivity contribution in [2.45, 2.75) is 70.0 Å². The first-order valence-corrected chi connectivity index (χ1v) is 12.7. The van der Waals surface area contributed by atoms with Crippen molar-refractivity contribution in [1.29, 1.82) is 0 Å². The zero-order valence-corrected chi connectivity index (χ0v) is 21.1. The topological polar surface area (TPSA) is 139 Å². The number of nitrogens with zero attached hydrogens (tertiary/aromatic N) is 4. The average molecular weight is 499 g/mol. The number of carbonyl (C=O) groups excluding carboxylic acids is 3. The van der Waals surface area contributed by atoms with Crippen LogP contribution in [0.1, 0.15) is 40.0 Å². The molecule has 0 radical (unpaired) electrons. The molecule has 3 saturated heterocycles. The van der Waals surface area contributed by atoms with Crippen molar-refractivity contribution in [3.8, 4) is 0 Å². The number of aromatic nitrogens is 3. The van der Waals surface area contributed by atoms with E-state index in [0.717, 1.165) is 5.52 Å². The summed E-state index contributed by atoms with van der Waals surface area (Å²) in [5.41, 5.74) is -0.452. The zero-order valence-electron chi connectivity index (χ0n) is 21.1.